The first kappa shape index (κ1) is 27.5. The number of carbonyl (C=O) groups excluding carboxylic acids is 1. The minimum Gasteiger partial charge on any atom is -0.379 e. The number of likely N-dealkylation sites (N-methyl/N-ethyl adjacent to an activating group) is 1. The van der Waals surface area contributed by atoms with Crippen LogP contribution < -0.4 is 4.90 Å². The van der Waals surface area contributed by atoms with Crippen LogP contribution in [0.5, 0.6) is 0 Å². The topological polar surface area (TPSA) is 83.1 Å². The molecule has 2 heterocycles. The number of anilines is 1. The molecular formula is C24H31ClN4O4S2. The number of rotatable bonds is 9. The summed E-state index contributed by atoms with van der Waals surface area (Å²) in [5.41, 5.74) is 1.29. The summed E-state index contributed by atoms with van der Waals surface area (Å²) in [5, 5.41) is 0.642. The molecule has 0 unspecified atom stereocenters. The van der Waals surface area contributed by atoms with Gasteiger partial charge in [-0.15, -0.1) is 12.4 Å². The molecule has 1 aliphatic heterocycles. The van der Waals surface area contributed by atoms with Crippen LogP contribution in [0, 0.1) is 0 Å². The van der Waals surface area contributed by atoms with E-state index >= 15 is 0 Å². The van der Waals surface area contributed by atoms with Crippen molar-refractivity contribution in [2.75, 3.05) is 57.4 Å². The molecule has 8 nitrogen and oxygen atoms in total. The molecule has 0 spiro atoms. The summed E-state index contributed by atoms with van der Waals surface area (Å²) in [6.45, 7) is 8.64. The van der Waals surface area contributed by atoms with Gasteiger partial charge in [-0.1, -0.05) is 37.3 Å². The number of nitrogens with zero attached hydrogens (tertiary/aromatic N) is 4. The maximum Gasteiger partial charge on any atom is 0.260 e. The maximum atomic E-state index is 13.6. The van der Waals surface area contributed by atoms with Crippen LogP contribution in [0.2, 0.25) is 0 Å². The number of ether oxygens (including phenoxy) is 1. The van der Waals surface area contributed by atoms with Crippen LogP contribution in [-0.4, -0.2) is 81.0 Å². The maximum absolute atomic E-state index is 13.6. The van der Waals surface area contributed by atoms with E-state index in [1.807, 2.05) is 24.3 Å². The molecule has 11 heteroatoms. The fourth-order valence-corrected chi connectivity index (χ4v) is 6.30. The molecular weight excluding hydrogens is 508 g/mol. The lowest BCUT2D eigenvalue weighted by Gasteiger charge is -2.26. The SMILES string of the molecule is CCN(CC)CCN(C(=O)c1ccc(S(=O)(=O)N2CCOCC2)cc1)c1nc2ccccc2s1.Cl. The van der Waals surface area contributed by atoms with Gasteiger partial charge >= 0.3 is 0 Å². The Balaban J connectivity index is 0.00000342. The highest BCUT2D eigenvalue weighted by atomic mass is 35.5. The number of halogens is 1. The quantitative estimate of drug-likeness (QED) is 0.413. The highest BCUT2D eigenvalue weighted by molar-refractivity contribution is 7.89. The van der Waals surface area contributed by atoms with E-state index in [2.05, 4.69) is 18.7 Å². The molecule has 1 fully saturated rings. The Hall–Kier alpha value is -2.08. The van der Waals surface area contributed by atoms with E-state index in [0.717, 1.165) is 29.9 Å². The number of carbonyl (C=O) groups is 1. The van der Waals surface area contributed by atoms with E-state index in [0.29, 0.717) is 43.5 Å². The first-order chi connectivity index (χ1) is 16.4. The fourth-order valence-electron chi connectivity index (χ4n) is 3.90. The van der Waals surface area contributed by atoms with Crippen LogP contribution in [0.1, 0.15) is 24.2 Å². The average molecular weight is 539 g/mol. The third kappa shape index (κ3) is 6.19. The molecule has 0 atom stereocenters. The molecule has 0 bridgehead atoms. The molecule has 1 amide bonds. The summed E-state index contributed by atoms with van der Waals surface area (Å²) < 4.78 is 33.6. The van der Waals surface area contributed by atoms with Crippen LogP contribution in [0.4, 0.5) is 5.13 Å². The third-order valence-electron chi connectivity index (χ3n) is 6.00. The molecule has 0 N–H and O–H groups in total. The van der Waals surface area contributed by atoms with Crippen LogP contribution in [0.25, 0.3) is 10.2 Å². The number of hydrogen-bond donors (Lipinski definition) is 0. The number of thiazole rings is 1. The van der Waals surface area contributed by atoms with Crippen molar-refractivity contribution in [2.45, 2.75) is 18.7 Å². The minimum absolute atomic E-state index is 0. The second-order valence-electron chi connectivity index (χ2n) is 7.99. The summed E-state index contributed by atoms with van der Waals surface area (Å²) in [6.07, 6.45) is 0. The zero-order valence-electron chi connectivity index (χ0n) is 19.9. The van der Waals surface area contributed by atoms with Crippen molar-refractivity contribution in [1.82, 2.24) is 14.2 Å². The molecule has 1 aliphatic rings. The molecule has 0 aliphatic carbocycles. The molecule has 2 aromatic carbocycles. The number of para-hydroxylation sites is 1. The smallest absolute Gasteiger partial charge is 0.260 e. The molecule has 35 heavy (non-hydrogen) atoms. The van der Waals surface area contributed by atoms with E-state index in [9.17, 15) is 13.2 Å². The van der Waals surface area contributed by atoms with Gasteiger partial charge in [-0.05, 0) is 49.5 Å². The summed E-state index contributed by atoms with van der Waals surface area (Å²) in [5.74, 6) is -0.193. The number of sulfonamides is 1. The normalized spacial score (nSPS) is 14.7. The Morgan fingerprint density at radius 1 is 1.03 bits per heavy atom. The van der Waals surface area contributed by atoms with Gasteiger partial charge in [0, 0.05) is 31.7 Å². The molecule has 1 aromatic heterocycles. The van der Waals surface area contributed by atoms with Gasteiger partial charge in [-0.3, -0.25) is 9.69 Å². The van der Waals surface area contributed by atoms with Crippen molar-refractivity contribution in [3.63, 3.8) is 0 Å². The van der Waals surface area contributed by atoms with Gasteiger partial charge in [0.1, 0.15) is 0 Å². The van der Waals surface area contributed by atoms with Crippen LogP contribution >= 0.6 is 23.7 Å². The monoisotopic (exact) mass is 538 g/mol. The molecule has 190 valence electrons. The highest BCUT2D eigenvalue weighted by Crippen LogP contribution is 2.30. The summed E-state index contributed by atoms with van der Waals surface area (Å²) >= 11 is 1.48. The van der Waals surface area contributed by atoms with E-state index in [1.54, 1.807) is 17.0 Å². The lowest BCUT2D eigenvalue weighted by molar-refractivity contribution is 0.0730. The standard InChI is InChI=1S/C24H30N4O4S2.ClH/c1-3-26(4-2)13-14-28(24-25-21-7-5-6-8-22(21)33-24)23(29)19-9-11-20(12-10-19)34(30,31)27-15-17-32-18-16-27;/h5-12H,3-4,13-18H2,1-2H3;1H. The summed E-state index contributed by atoms with van der Waals surface area (Å²) in [4.78, 5) is 22.4. The average Bonchev–Trinajstić information content (AvgIpc) is 3.31. The summed E-state index contributed by atoms with van der Waals surface area (Å²) in [7, 11) is -3.61. The predicted molar refractivity (Wildman–Crippen MR) is 142 cm³/mol. The molecule has 1 saturated heterocycles. The second-order valence-corrected chi connectivity index (χ2v) is 10.9. The zero-order valence-corrected chi connectivity index (χ0v) is 22.4. The van der Waals surface area contributed by atoms with Gasteiger partial charge in [0.2, 0.25) is 10.0 Å². The largest absolute Gasteiger partial charge is 0.379 e. The van der Waals surface area contributed by atoms with Gasteiger partial charge in [-0.2, -0.15) is 4.31 Å². The van der Waals surface area contributed by atoms with Crippen molar-refractivity contribution in [3.8, 4) is 0 Å². The van der Waals surface area contributed by atoms with Crippen molar-refractivity contribution >= 4 is 55.0 Å². The van der Waals surface area contributed by atoms with Crippen LogP contribution in [0.3, 0.4) is 0 Å². The Kier molecular flexibility index (Phi) is 9.62. The van der Waals surface area contributed by atoms with Gasteiger partial charge in [0.15, 0.2) is 5.13 Å². The van der Waals surface area contributed by atoms with Crippen molar-refractivity contribution in [2.24, 2.45) is 0 Å². The van der Waals surface area contributed by atoms with Crippen molar-refractivity contribution in [3.05, 3.63) is 54.1 Å². The number of amides is 1. The van der Waals surface area contributed by atoms with E-state index in [4.69, 9.17) is 9.72 Å². The lowest BCUT2D eigenvalue weighted by atomic mass is 10.2. The van der Waals surface area contributed by atoms with Gasteiger partial charge in [0.25, 0.3) is 5.91 Å². The number of aromatic nitrogens is 1. The lowest BCUT2D eigenvalue weighted by Crippen LogP contribution is -2.40. The molecule has 3 aromatic rings. The second kappa shape index (κ2) is 12.2. The fraction of sp³-hybridized carbons (Fsp3) is 0.417. The number of morpholine rings is 1. The van der Waals surface area contributed by atoms with Crippen LogP contribution in [0.15, 0.2) is 53.4 Å². The van der Waals surface area contributed by atoms with Gasteiger partial charge in [-0.25, -0.2) is 13.4 Å². The van der Waals surface area contributed by atoms with Crippen molar-refractivity contribution < 1.29 is 17.9 Å². The predicted octanol–water partition coefficient (Wildman–Crippen LogP) is 3.73. The number of benzene rings is 2. The van der Waals surface area contributed by atoms with E-state index in [-0.39, 0.29) is 23.2 Å². The first-order valence-corrected chi connectivity index (χ1v) is 13.8. The van der Waals surface area contributed by atoms with Gasteiger partial charge in [0.05, 0.1) is 28.3 Å². The molecule has 0 radical (unpaired) electrons. The third-order valence-corrected chi connectivity index (χ3v) is 8.97. The van der Waals surface area contributed by atoms with E-state index in [1.165, 1.54) is 27.8 Å². The first-order valence-electron chi connectivity index (χ1n) is 11.5. The van der Waals surface area contributed by atoms with Crippen LogP contribution in [-0.2, 0) is 14.8 Å². The molecule has 0 saturated carbocycles. The summed E-state index contributed by atoms with van der Waals surface area (Å²) in [6, 6.07) is 14.0. The minimum atomic E-state index is -3.61. The Labute approximate surface area is 217 Å². The van der Waals surface area contributed by atoms with E-state index < -0.39 is 10.0 Å². The highest BCUT2D eigenvalue weighted by Gasteiger charge is 2.27. The number of fused-ring (bicyclic) bond motifs is 1. The Morgan fingerprint density at radius 3 is 2.31 bits per heavy atom. The Bertz CT molecular complexity index is 1190. The zero-order chi connectivity index (χ0) is 24.1. The number of hydrogen-bond acceptors (Lipinski definition) is 7. The Morgan fingerprint density at radius 2 is 1.69 bits per heavy atom. The van der Waals surface area contributed by atoms with Crippen molar-refractivity contribution in [1.29, 1.82) is 0 Å². The molecule has 4 rings (SSSR count). The van der Waals surface area contributed by atoms with Gasteiger partial charge < -0.3 is 9.64 Å².